The van der Waals surface area contributed by atoms with Crippen LogP contribution in [0.3, 0.4) is 0 Å². The number of halogens is 1. The van der Waals surface area contributed by atoms with E-state index in [4.69, 9.17) is 10.5 Å². The summed E-state index contributed by atoms with van der Waals surface area (Å²) < 4.78 is 5.19. The Morgan fingerprint density at radius 1 is 1.25 bits per heavy atom. The van der Waals surface area contributed by atoms with Crippen molar-refractivity contribution >= 4 is 24.2 Å². The van der Waals surface area contributed by atoms with E-state index < -0.39 is 0 Å². The van der Waals surface area contributed by atoms with Crippen molar-refractivity contribution in [3.63, 3.8) is 0 Å². The lowest BCUT2D eigenvalue weighted by Gasteiger charge is -2.27. The first-order valence-corrected chi connectivity index (χ1v) is 7.07. The number of nitrogens with one attached hydrogen (secondary N) is 1. The molecule has 3 N–H and O–H groups in total. The van der Waals surface area contributed by atoms with Gasteiger partial charge in [-0.05, 0) is 12.8 Å². The summed E-state index contributed by atoms with van der Waals surface area (Å²) in [5.41, 5.74) is 5.88. The molecule has 0 aromatic heterocycles. The zero-order valence-corrected chi connectivity index (χ0v) is 12.5. The highest BCUT2D eigenvalue weighted by Gasteiger charge is 2.30. The first-order valence-electron chi connectivity index (χ1n) is 7.07. The highest BCUT2D eigenvalue weighted by atomic mass is 35.5. The standard InChI is InChI=1S/C13H23N3O3.ClH/c14-11-3-1-2-10(11)13(18)15-5-4-12(17)16-6-8-19-9-7-16;/h10-11H,1-9,14H2,(H,15,18);1H. The van der Waals surface area contributed by atoms with E-state index in [9.17, 15) is 9.59 Å². The molecule has 0 spiro atoms. The first-order chi connectivity index (χ1) is 9.18. The topological polar surface area (TPSA) is 84.7 Å². The monoisotopic (exact) mass is 305 g/mol. The Labute approximate surface area is 125 Å². The molecule has 2 atom stereocenters. The van der Waals surface area contributed by atoms with E-state index in [1.807, 2.05) is 0 Å². The van der Waals surface area contributed by atoms with Gasteiger partial charge in [-0.2, -0.15) is 0 Å². The summed E-state index contributed by atoms with van der Waals surface area (Å²) in [5, 5.41) is 2.83. The van der Waals surface area contributed by atoms with Crippen LogP contribution in [0.2, 0.25) is 0 Å². The lowest BCUT2D eigenvalue weighted by Crippen LogP contribution is -2.43. The molecule has 20 heavy (non-hydrogen) atoms. The molecule has 1 saturated heterocycles. The van der Waals surface area contributed by atoms with E-state index in [-0.39, 0.29) is 36.2 Å². The highest BCUT2D eigenvalue weighted by Crippen LogP contribution is 2.23. The number of nitrogens with zero attached hydrogens (tertiary/aromatic N) is 1. The van der Waals surface area contributed by atoms with Crippen LogP contribution in [0, 0.1) is 5.92 Å². The SMILES string of the molecule is Cl.NC1CCCC1C(=O)NCCC(=O)N1CCOCC1. The summed E-state index contributed by atoms with van der Waals surface area (Å²) in [4.78, 5) is 25.5. The van der Waals surface area contributed by atoms with Gasteiger partial charge in [-0.3, -0.25) is 9.59 Å². The van der Waals surface area contributed by atoms with Gasteiger partial charge >= 0.3 is 0 Å². The third kappa shape index (κ3) is 4.61. The van der Waals surface area contributed by atoms with Crippen molar-refractivity contribution in [1.82, 2.24) is 10.2 Å². The van der Waals surface area contributed by atoms with Crippen LogP contribution in [0.25, 0.3) is 0 Å². The van der Waals surface area contributed by atoms with Crippen LogP contribution in [0.5, 0.6) is 0 Å². The zero-order chi connectivity index (χ0) is 13.7. The number of morpholine rings is 1. The van der Waals surface area contributed by atoms with Crippen molar-refractivity contribution in [2.24, 2.45) is 11.7 Å². The van der Waals surface area contributed by atoms with Gasteiger partial charge in [-0.1, -0.05) is 6.42 Å². The maximum Gasteiger partial charge on any atom is 0.224 e. The van der Waals surface area contributed by atoms with E-state index in [2.05, 4.69) is 5.32 Å². The van der Waals surface area contributed by atoms with Crippen molar-refractivity contribution in [3.8, 4) is 0 Å². The molecule has 2 unspecified atom stereocenters. The van der Waals surface area contributed by atoms with Gasteiger partial charge in [0.25, 0.3) is 0 Å². The van der Waals surface area contributed by atoms with Gasteiger partial charge < -0.3 is 20.7 Å². The van der Waals surface area contributed by atoms with Crippen LogP contribution in [0.1, 0.15) is 25.7 Å². The average Bonchev–Trinajstić information content (AvgIpc) is 2.86. The minimum Gasteiger partial charge on any atom is -0.378 e. The van der Waals surface area contributed by atoms with E-state index >= 15 is 0 Å². The average molecular weight is 306 g/mol. The summed E-state index contributed by atoms with van der Waals surface area (Å²) in [5.74, 6) is 0.0117. The molecule has 2 rings (SSSR count). The molecule has 2 fully saturated rings. The van der Waals surface area contributed by atoms with Crippen LogP contribution >= 0.6 is 12.4 Å². The molecule has 6 nitrogen and oxygen atoms in total. The summed E-state index contributed by atoms with van der Waals surface area (Å²) in [6.45, 7) is 2.92. The van der Waals surface area contributed by atoms with Gasteiger partial charge in [0.2, 0.25) is 11.8 Å². The molecule has 2 aliphatic rings. The summed E-state index contributed by atoms with van der Waals surface area (Å²) in [6.07, 6.45) is 3.16. The van der Waals surface area contributed by atoms with E-state index in [0.717, 1.165) is 19.3 Å². The smallest absolute Gasteiger partial charge is 0.224 e. The van der Waals surface area contributed by atoms with Crippen LogP contribution in [-0.4, -0.2) is 55.6 Å². The first kappa shape index (κ1) is 17.2. The van der Waals surface area contributed by atoms with Crippen molar-refractivity contribution in [2.45, 2.75) is 31.7 Å². The summed E-state index contributed by atoms with van der Waals surface area (Å²) in [6, 6.07) is -0.0186. The fourth-order valence-electron chi connectivity index (χ4n) is 2.71. The number of carbonyl (C=O) groups is 2. The lowest BCUT2D eigenvalue weighted by atomic mass is 10.0. The van der Waals surface area contributed by atoms with Gasteiger partial charge in [-0.15, -0.1) is 12.4 Å². The number of hydrogen-bond donors (Lipinski definition) is 2. The van der Waals surface area contributed by atoms with Crippen LogP contribution < -0.4 is 11.1 Å². The van der Waals surface area contributed by atoms with Crippen molar-refractivity contribution in [1.29, 1.82) is 0 Å². The Kier molecular flexibility index (Phi) is 7.26. The number of nitrogens with two attached hydrogens (primary N) is 1. The molecule has 7 heteroatoms. The second-order valence-corrected chi connectivity index (χ2v) is 5.24. The molecule has 116 valence electrons. The Morgan fingerprint density at radius 2 is 1.95 bits per heavy atom. The highest BCUT2D eigenvalue weighted by molar-refractivity contribution is 5.85. The molecule has 0 aromatic carbocycles. The lowest BCUT2D eigenvalue weighted by molar-refractivity contribution is -0.135. The largest absolute Gasteiger partial charge is 0.378 e. The minimum atomic E-state index is -0.0708. The molecule has 0 radical (unpaired) electrons. The quantitative estimate of drug-likeness (QED) is 0.760. The third-order valence-corrected chi connectivity index (χ3v) is 3.91. The third-order valence-electron chi connectivity index (χ3n) is 3.91. The Balaban J connectivity index is 0.00000200. The molecule has 1 saturated carbocycles. The fraction of sp³-hybridized carbons (Fsp3) is 0.846. The van der Waals surface area contributed by atoms with E-state index in [1.54, 1.807) is 4.90 Å². The van der Waals surface area contributed by atoms with Crippen molar-refractivity contribution in [2.75, 3.05) is 32.8 Å². The normalized spacial score (nSPS) is 25.9. The molecule has 0 bridgehead atoms. The number of amides is 2. The molecule has 0 aromatic rings. The van der Waals surface area contributed by atoms with E-state index in [0.29, 0.717) is 39.3 Å². The summed E-state index contributed by atoms with van der Waals surface area (Å²) >= 11 is 0. The van der Waals surface area contributed by atoms with Gasteiger partial charge in [0.15, 0.2) is 0 Å². The second kappa shape index (κ2) is 8.44. The maximum atomic E-state index is 11.9. The van der Waals surface area contributed by atoms with Gasteiger partial charge in [0.05, 0.1) is 19.1 Å². The molecule has 1 aliphatic carbocycles. The molecular formula is C13H24ClN3O3. The van der Waals surface area contributed by atoms with Gasteiger partial charge in [0.1, 0.15) is 0 Å². The van der Waals surface area contributed by atoms with Crippen molar-refractivity contribution in [3.05, 3.63) is 0 Å². The van der Waals surface area contributed by atoms with Crippen LogP contribution in [-0.2, 0) is 14.3 Å². The predicted octanol–water partition coefficient (Wildman–Crippen LogP) is -0.0993. The fourth-order valence-corrected chi connectivity index (χ4v) is 2.71. The van der Waals surface area contributed by atoms with Gasteiger partial charge in [0, 0.05) is 32.1 Å². The summed E-state index contributed by atoms with van der Waals surface area (Å²) in [7, 11) is 0. The zero-order valence-electron chi connectivity index (χ0n) is 11.7. The predicted molar refractivity (Wildman–Crippen MR) is 77.6 cm³/mol. The molecular weight excluding hydrogens is 282 g/mol. The minimum absolute atomic E-state index is 0. The molecule has 1 aliphatic heterocycles. The molecule has 1 heterocycles. The maximum absolute atomic E-state index is 11.9. The second-order valence-electron chi connectivity index (χ2n) is 5.24. The van der Waals surface area contributed by atoms with Crippen molar-refractivity contribution < 1.29 is 14.3 Å². The number of ether oxygens (including phenoxy) is 1. The van der Waals surface area contributed by atoms with Crippen LogP contribution in [0.4, 0.5) is 0 Å². The van der Waals surface area contributed by atoms with Crippen LogP contribution in [0.15, 0.2) is 0 Å². The number of hydrogen-bond acceptors (Lipinski definition) is 4. The number of carbonyl (C=O) groups excluding carboxylic acids is 2. The van der Waals surface area contributed by atoms with Gasteiger partial charge in [-0.25, -0.2) is 0 Å². The Bertz CT molecular complexity index is 335. The van der Waals surface area contributed by atoms with E-state index in [1.165, 1.54) is 0 Å². The Hall–Kier alpha value is -0.850. The number of rotatable bonds is 4. The molecule has 2 amide bonds. The Morgan fingerprint density at radius 3 is 2.55 bits per heavy atom.